The quantitative estimate of drug-likeness (QED) is 0.788. The third-order valence-corrected chi connectivity index (χ3v) is 2.11. The topological polar surface area (TPSA) is 33.2 Å². The maximum absolute atomic E-state index is 12.7. The number of hydrogen-bond acceptors (Lipinski definition) is 2. The molecule has 0 aliphatic heterocycles. The van der Waals surface area contributed by atoms with Crippen molar-refractivity contribution < 1.29 is 26.7 Å². The summed E-state index contributed by atoms with van der Waals surface area (Å²) in [5.41, 5.74) is 0.353. The van der Waals surface area contributed by atoms with Crippen LogP contribution in [0.1, 0.15) is 5.56 Å². The van der Waals surface area contributed by atoms with E-state index in [4.69, 9.17) is 0 Å². The molecule has 0 spiro atoms. The molecule has 1 aromatic heterocycles. The van der Waals surface area contributed by atoms with Gasteiger partial charge >= 0.3 is 18.0 Å². The van der Waals surface area contributed by atoms with Crippen LogP contribution in [-0.4, -0.2) is 34.9 Å². The number of rotatable bonds is 3. The molecule has 1 aromatic rings. The number of alkyl halides is 5. The van der Waals surface area contributed by atoms with Gasteiger partial charge in [0.1, 0.15) is 0 Å². The normalized spacial score (nSPS) is 12.3. The van der Waals surface area contributed by atoms with Crippen LogP contribution >= 0.6 is 0 Å². The zero-order chi connectivity index (χ0) is 14.0. The van der Waals surface area contributed by atoms with Crippen molar-refractivity contribution in [3.63, 3.8) is 0 Å². The fourth-order valence-corrected chi connectivity index (χ4v) is 1.20. The number of amides is 1. The molecule has 1 amide bonds. The Kier molecular flexibility index (Phi) is 3.88. The van der Waals surface area contributed by atoms with Gasteiger partial charge < -0.3 is 4.90 Å². The summed E-state index contributed by atoms with van der Waals surface area (Å²) >= 11 is 0. The van der Waals surface area contributed by atoms with Crippen LogP contribution in [0.25, 0.3) is 0 Å². The Morgan fingerprint density at radius 1 is 1.33 bits per heavy atom. The molecule has 0 aromatic carbocycles. The largest absolute Gasteiger partial charge is 0.463 e. The zero-order valence-corrected chi connectivity index (χ0v) is 9.21. The van der Waals surface area contributed by atoms with Gasteiger partial charge in [-0.2, -0.15) is 22.0 Å². The fourth-order valence-electron chi connectivity index (χ4n) is 1.20. The summed E-state index contributed by atoms with van der Waals surface area (Å²) in [7, 11) is 0.870. The Morgan fingerprint density at radius 3 is 2.39 bits per heavy atom. The molecule has 0 atom stereocenters. The predicted octanol–water partition coefficient (Wildman–Crippen LogP) is 2.24. The number of nitrogens with zero attached hydrogens (tertiary/aromatic N) is 2. The van der Waals surface area contributed by atoms with Crippen LogP contribution in [0.15, 0.2) is 24.5 Å². The van der Waals surface area contributed by atoms with Gasteiger partial charge in [-0.1, -0.05) is 6.07 Å². The second-order valence-electron chi connectivity index (χ2n) is 3.59. The van der Waals surface area contributed by atoms with E-state index in [-0.39, 0.29) is 6.54 Å². The first-order valence-electron chi connectivity index (χ1n) is 4.75. The van der Waals surface area contributed by atoms with E-state index < -0.39 is 18.0 Å². The van der Waals surface area contributed by atoms with Crippen molar-refractivity contribution in [3.05, 3.63) is 30.1 Å². The van der Waals surface area contributed by atoms with Crippen LogP contribution in [-0.2, 0) is 11.3 Å². The van der Waals surface area contributed by atoms with Gasteiger partial charge in [-0.25, -0.2) is 0 Å². The molecular formula is C10H9F5N2O. The van der Waals surface area contributed by atoms with E-state index in [1.54, 1.807) is 0 Å². The Hall–Kier alpha value is -1.73. The molecule has 100 valence electrons. The minimum absolute atomic E-state index is 0.310. The molecule has 0 aliphatic rings. The van der Waals surface area contributed by atoms with Gasteiger partial charge in [0.15, 0.2) is 0 Å². The highest BCUT2D eigenvalue weighted by Crippen LogP contribution is 2.36. The molecule has 0 saturated carbocycles. The van der Waals surface area contributed by atoms with E-state index in [0.717, 1.165) is 7.05 Å². The highest BCUT2D eigenvalue weighted by molar-refractivity contribution is 5.84. The number of aromatic nitrogens is 1. The monoisotopic (exact) mass is 268 g/mol. The molecule has 0 fully saturated rings. The van der Waals surface area contributed by atoms with E-state index >= 15 is 0 Å². The molecule has 0 aliphatic carbocycles. The Morgan fingerprint density at radius 2 is 1.94 bits per heavy atom. The predicted molar refractivity (Wildman–Crippen MR) is 51.7 cm³/mol. The number of hydrogen-bond donors (Lipinski definition) is 0. The average molecular weight is 268 g/mol. The Labute approximate surface area is 99.2 Å². The van der Waals surface area contributed by atoms with Crippen LogP contribution in [0.3, 0.4) is 0 Å². The van der Waals surface area contributed by atoms with Gasteiger partial charge in [0, 0.05) is 26.0 Å². The van der Waals surface area contributed by atoms with Crippen LogP contribution in [0.5, 0.6) is 0 Å². The second kappa shape index (κ2) is 4.87. The van der Waals surface area contributed by atoms with Gasteiger partial charge in [-0.05, 0) is 11.6 Å². The van der Waals surface area contributed by atoms with E-state index in [1.807, 2.05) is 0 Å². The van der Waals surface area contributed by atoms with E-state index in [1.165, 1.54) is 24.5 Å². The van der Waals surface area contributed by atoms with Crippen molar-refractivity contribution in [1.82, 2.24) is 9.88 Å². The molecule has 0 bridgehead atoms. The third kappa shape index (κ3) is 2.93. The van der Waals surface area contributed by atoms with Gasteiger partial charge in [-0.3, -0.25) is 9.78 Å². The van der Waals surface area contributed by atoms with Crippen LogP contribution < -0.4 is 0 Å². The molecule has 0 unspecified atom stereocenters. The highest BCUT2D eigenvalue weighted by Gasteiger charge is 2.64. The molecule has 18 heavy (non-hydrogen) atoms. The zero-order valence-electron chi connectivity index (χ0n) is 9.21. The second-order valence-corrected chi connectivity index (χ2v) is 3.59. The summed E-state index contributed by atoms with van der Waals surface area (Å²) < 4.78 is 61.4. The van der Waals surface area contributed by atoms with Gasteiger partial charge in [0.25, 0.3) is 0 Å². The number of carbonyl (C=O) groups is 1. The summed E-state index contributed by atoms with van der Waals surface area (Å²) in [4.78, 5) is 15.0. The summed E-state index contributed by atoms with van der Waals surface area (Å²) in [5, 5.41) is 0. The molecule has 1 rings (SSSR count). The summed E-state index contributed by atoms with van der Waals surface area (Å²) in [6.07, 6.45) is -3.21. The van der Waals surface area contributed by atoms with E-state index in [2.05, 4.69) is 4.98 Å². The first-order chi connectivity index (χ1) is 8.16. The van der Waals surface area contributed by atoms with Crippen molar-refractivity contribution in [2.75, 3.05) is 7.05 Å². The van der Waals surface area contributed by atoms with Crippen LogP contribution in [0.4, 0.5) is 22.0 Å². The lowest BCUT2D eigenvalue weighted by Gasteiger charge is -2.24. The molecule has 0 radical (unpaired) electrons. The van der Waals surface area contributed by atoms with Gasteiger partial charge in [0.2, 0.25) is 0 Å². The first kappa shape index (κ1) is 14.3. The summed E-state index contributed by atoms with van der Waals surface area (Å²) in [6.45, 7) is -0.377. The lowest BCUT2D eigenvalue weighted by molar-refractivity contribution is -0.274. The number of carbonyl (C=O) groups excluding carboxylic acids is 1. The van der Waals surface area contributed by atoms with Crippen molar-refractivity contribution >= 4 is 5.91 Å². The summed E-state index contributed by atoms with van der Waals surface area (Å²) in [6, 6.07) is 2.94. The minimum Gasteiger partial charge on any atom is -0.336 e. The van der Waals surface area contributed by atoms with Crippen molar-refractivity contribution in [2.45, 2.75) is 18.6 Å². The third-order valence-electron chi connectivity index (χ3n) is 2.11. The molecule has 3 nitrogen and oxygen atoms in total. The van der Waals surface area contributed by atoms with Gasteiger partial charge in [-0.15, -0.1) is 0 Å². The fraction of sp³-hybridized carbons (Fsp3) is 0.400. The minimum atomic E-state index is -5.90. The van der Waals surface area contributed by atoms with Crippen molar-refractivity contribution in [1.29, 1.82) is 0 Å². The highest BCUT2D eigenvalue weighted by atomic mass is 19.4. The standard InChI is InChI=1S/C10H9F5N2O/c1-17(6-7-3-2-4-16-5-7)8(18)9(11,12)10(13,14)15/h2-5H,6H2,1H3. The SMILES string of the molecule is CN(Cc1cccnc1)C(=O)C(F)(F)C(F)(F)F. The maximum Gasteiger partial charge on any atom is 0.463 e. The van der Waals surface area contributed by atoms with E-state index in [9.17, 15) is 26.7 Å². The smallest absolute Gasteiger partial charge is 0.336 e. The van der Waals surface area contributed by atoms with Gasteiger partial charge in [0.05, 0.1) is 0 Å². The van der Waals surface area contributed by atoms with Crippen molar-refractivity contribution in [3.8, 4) is 0 Å². The van der Waals surface area contributed by atoms with Crippen LogP contribution in [0, 0.1) is 0 Å². The molecule has 1 heterocycles. The van der Waals surface area contributed by atoms with E-state index in [0.29, 0.717) is 10.5 Å². The molecular weight excluding hydrogens is 259 g/mol. The molecule has 0 saturated heterocycles. The number of pyridine rings is 1. The lowest BCUT2D eigenvalue weighted by atomic mass is 10.2. The molecule has 0 N–H and O–H groups in total. The Balaban J connectivity index is 2.80. The Bertz CT molecular complexity index is 418. The van der Waals surface area contributed by atoms with Crippen molar-refractivity contribution in [2.24, 2.45) is 0 Å². The average Bonchev–Trinajstić information content (AvgIpc) is 2.27. The lowest BCUT2D eigenvalue weighted by Crippen LogP contribution is -2.50. The van der Waals surface area contributed by atoms with Crippen LogP contribution in [0.2, 0.25) is 0 Å². The number of halogens is 5. The maximum atomic E-state index is 12.7. The first-order valence-corrected chi connectivity index (χ1v) is 4.75. The summed E-state index contributed by atoms with van der Waals surface area (Å²) in [5.74, 6) is -7.68. The molecule has 8 heteroatoms.